The molecule has 132 valence electrons. The van der Waals surface area contributed by atoms with Crippen molar-refractivity contribution in [3.05, 3.63) is 65.8 Å². The van der Waals surface area contributed by atoms with Crippen molar-refractivity contribution < 1.29 is 18.0 Å². The number of pyridine rings is 1. The largest absolute Gasteiger partial charge is 0.418 e. The van der Waals surface area contributed by atoms with E-state index in [1.54, 1.807) is 24.5 Å². The van der Waals surface area contributed by atoms with Crippen LogP contribution >= 0.6 is 0 Å². The topological polar surface area (TPSA) is 72.1 Å². The van der Waals surface area contributed by atoms with Gasteiger partial charge in [0.2, 0.25) is 11.8 Å². The van der Waals surface area contributed by atoms with Gasteiger partial charge in [0.05, 0.1) is 0 Å². The summed E-state index contributed by atoms with van der Waals surface area (Å²) >= 11 is 0. The molecule has 8 heteroatoms. The summed E-state index contributed by atoms with van der Waals surface area (Å²) in [7, 11) is 0. The van der Waals surface area contributed by atoms with E-state index in [4.69, 9.17) is 4.42 Å². The van der Waals surface area contributed by atoms with Crippen molar-refractivity contribution in [3.63, 3.8) is 0 Å². The van der Waals surface area contributed by atoms with Crippen LogP contribution in [0.5, 0.6) is 0 Å². The van der Waals surface area contributed by atoms with Crippen molar-refractivity contribution in [2.24, 2.45) is 0 Å². The average molecular weight is 356 g/mol. The predicted molar refractivity (Wildman–Crippen MR) is 86.9 cm³/mol. The Morgan fingerprint density at radius 2 is 1.85 bits per heavy atom. The fraction of sp³-hybridized carbons (Fsp3) is 0.222. The van der Waals surface area contributed by atoms with Gasteiger partial charge < -0.3 is 9.32 Å². The molecular formula is C18H14F2N4O2. The average Bonchev–Trinajstić information content (AvgIpc) is 3.31. The summed E-state index contributed by atoms with van der Waals surface area (Å²) in [5, 5.41) is 8.03. The third-order valence-electron chi connectivity index (χ3n) is 4.34. The van der Waals surface area contributed by atoms with Crippen LogP contribution in [-0.2, 0) is 0 Å². The van der Waals surface area contributed by atoms with Crippen LogP contribution in [0.15, 0.2) is 47.1 Å². The maximum Gasteiger partial charge on any atom is 0.260 e. The van der Waals surface area contributed by atoms with E-state index < -0.39 is 29.1 Å². The molecule has 1 unspecified atom stereocenters. The summed E-state index contributed by atoms with van der Waals surface area (Å²) in [5.41, 5.74) is 0.142. The molecule has 0 aliphatic carbocycles. The highest BCUT2D eigenvalue weighted by Crippen LogP contribution is 2.34. The summed E-state index contributed by atoms with van der Waals surface area (Å²) in [4.78, 5) is 18.0. The Hall–Kier alpha value is -3.16. The fourth-order valence-corrected chi connectivity index (χ4v) is 3.09. The molecule has 0 bridgehead atoms. The van der Waals surface area contributed by atoms with Crippen LogP contribution in [0.1, 0.15) is 35.1 Å². The van der Waals surface area contributed by atoms with E-state index >= 15 is 0 Å². The van der Waals surface area contributed by atoms with E-state index in [9.17, 15) is 13.6 Å². The molecule has 1 aliphatic rings. The van der Waals surface area contributed by atoms with Crippen LogP contribution in [0, 0.1) is 11.6 Å². The standard InChI is InChI=1S/C18H14F2N4O2/c19-12-3-1-4-13(20)15(12)18(25)24-10-2-5-14(24)17-23-22-16(26-17)11-6-8-21-9-7-11/h1,3-4,6-9,14H,2,5,10H2. The first-order valence-corrected chi connectivity index (χ1v) is 8.14. The van der Waals surface area contributed by atoms with Crippen molar-refractivity contribution >= 4 is 5.91 Å². The summed E-state index contributed by atoms with van der Waals surface area (Å²) in [5.74, 6) is -1.93. The third-order valence-corrected chi connectivity index (χ3v) is 4.34. The van der Waals surface area contributed by atoms with Gasteiger partial charge in [-0.3, -0.25) is 9.78 Å². The molecule has 26 heavy (non-hydrogen) atoms. The molecule has 4 rings (SSSR count). The second-order valence-corrected chi connectivity index (χ2v) is 5.93. The Morgan fingerprint density at radius 1 is 1.12 bits per heavy atom. The molecule has 1 amide bonds. The molecule has 0 radical (unpaired) electrons. The lowest BCUT2D eigenvalue weighted by atomic mass is 10.1. The normalized spacial score (nSPS) is 16.8. The highest BCUT2D eigenvalue weighted by Gasteiger charge is 2.36. The SMILES string of the molecule is O=C(c1c(F)cccc1F)N1CCCC1c1nnc(-c2ccncc2)o1. The maximum absolute atomic E-state index is 14.0. The molecule has 3 aromatic rings. The van der Waals surface area contributed by atoms with E-state index in [2.05, 4.69) is 15.2 Å². The zero-order chi connectivity index (χ0) is 18.1. The van der Waals surface area contributed by atoms with E-state index in [-0.39, 0.29) is 5.89 Å². The lowest BCUT2D eigenvalue weighted by Gasteiger charge is -2.22. The number of benzene rings is 1. The molecule has 0 spiro atoms. The molecule has 1 aromatic carbocycles. The molecular weight excluding hydrogens is 342 g/mol. The number of rotatable bonds is 3. The van der Waals surface area contributed by atoms with Crippen molar-refractivity contribution in [3.8, 4) is 11.5 Å². The molecule has 0 N–H and O–H groups in total. The number of carbonyl (C=O) groups is 1. The molecule has 1 fully saturated rings. The lowest BCUT2D eigenvalue weighted by molar-refractivity contribution is 0.0706. The molecule has 2 aromatic heterocycles. The molecule has 3 heterocycles. The molecule has 1 atom stereocenters. The summed E-state index contributed by atoms with van der Waals surface area (Å²) < 4.78 is 33.6. The predicted octanol–water partition coefficient (Wildman–Crippen LogP) is 3.39. The van der Waals surface area contributed by atoms with Gasteiger partial charge in [-0.2, -0.15) is 0 Å². The quantitative estimate of drug-likeness (QED) is 0.719. The molecule has 6 nitrogen and oxygen atoms in total. The zero-order valence-electron chi connectivity index (χ0n) is 13.6. The second-order valence-electron chi connectivity index (χ2n) is 5.93. The van der Waals surface area contributed by atoms with Crippen LogP contribution in [0.4, 0.5) is 8.78 Å². The van der Waals surface area contributed by atoms with Gasteiger partial charge in [-0.05, 0) is 37.1 Å². The highest BCUT2D eigenvalue weighted by molar-refractivity contribution is 5.95. The van der Waals surface area contributed by atoms with Crippen molar-refractivity contribution in [2.75, 3.05) is 6.54 Å². The molecule has 0 saturated carbocycles. The van der Waals surface area contributed by atoms with Gasteiger partial charge in [-0.15, -0.1) is 10.2 Å². The Bertz CT molecular complexity index is 925. The third kappa shape index (κ3) is 2.83. The number of hydrogen-bond acceptors (Lipinski definition) is 5. The van der Waals surface area contributed by atoms with Gasteiger partial charge in [0.15, 0.2) is 0 Å². The number of amides is 1. The molecule has 1 aliphatic heterocycles. The van der Waals surface area contributed by atoms with Gasteiger partial charge in [0, 0.05) is 24.5 Å². The van der Waals surface area contributed by atoms with Gasteiger partial charge >= 0.3 is 0 Å². The minimum atomic E-state index is -0.886. The Kier molecular flexibility index (Phi) is 4.16. The van der Waals surface area contributed by atoms with Gasteiger partial charge in [-0.1, -0.05) is 6.07 Å². The van der Waals surface area contributed by atoms with Crippen molar-refractivity contribution in [1.29, 1.82) is 0 Å². The Balaban J connectivity index is 1.63. The first-order chi connectivity index (χ1) is 12.6. The maximum atomic E-state index is 14.0. The second kappa shape index (κ2) is 6.62. The highest BCUT2D eigenvalue weighted by atomic mass is 19.1. The Labute approximate surface area is 147 Å². The summed E-state index contributed by atoms with van der Waals surface area (Å²) in [6.07, 6.45) is 4.47. The zero-order valence-corrected chi connectivity index (χ0v) is 13.6. The van der Waals surface area contributed by atoms with Crippen LogP contribution < -0.4 is 0 Å². The van der Waals surface area contributed by atoms with Crippen LogP contribution in [0.2, 0.25) is 0 Å². The number of nitrogens with zero attached hydrogens (tertiary/aromatic N) is 4. The monoisotopic (exact) mass is 356 g/mol. The van der Waals surface area contributed by atoms with E-state index in [0.29, 0.717) is 30.8 Å². The fourth-order valence-electron chi connectivity index (χ4n) is 3.09. The summed E-state index contributed by atoms with van der Waals surface area (Å²) in [6, 6.07) is 6.30. The van der Waals surface area contributed by atoms with E-state index in [1.807, 2.05) is 0 Å². The van der Waals surface area contributed by atoms with Crippen molar-refractivity contribution in [1.82, 2.24) is 20.1 Å². The lowest BCUT2D eigenvalue weighted by Crippen LogP contribution is -2.32. The Morgan fingerprint density at radius 3 is 2.58 bits per heavy atom. The van der Waals surface area contributed by atoms with E-state index in [0.717, 1.165) is 12.1 Å². The van der Waals surface area contributed by atoms with Gasteiger partial charge in [0.1, 0.15) is 23.2 Å². The number of hydrogen-bond donors (Lipinski definition) is 0. The van der Waals surface area contributed by atoms with Crippen LogP contribution in [-0.4, -0.2) is 32.5 Å². The minimum Gasteiger partial charge on any atom is -0.418 e. The van der Waals surface area contributed by atoms with Crippen LogP contribution in [0.3, 0.4) is 0 Å². The van der Waals surface area contributed by atoms with E-state index in [1.165, 1.54) is 11.0 Å². The number of aromatic nitrogens is 3. The van der Waals surface area contributed by atoms with Crippen molar-refractivity contribution in [2.45, 2.75) is 18.9 Å². The minimum absolute atomic E-state index is 0.249. The smallest absolute Gasteiger partial charge is 0.260 e. The van der Waals surface area contributed by atoms with Gasteiger partial charge in [-0.25, -0.2) is 8.78 Å². The number of carbonyl (C=O) groups excluding carboxylic acids is 1. The molecule has 1 saturated heterocycles. The number of halogens is 2. The van der Waals surface area contributed by atoms with Gasteiger partial charge in [0.25, 0.3) is 5.91 Å². The first-order valence-electron chi connectivity index (χ1n) is 8.14. The summed E-state index contributed by atoms with van der Waals surface area (Å²) in [6.45, 7) is 0.365. The first kappa shape index (κ1) is 16.3. The number of likely N-dealkylation sites (tertiary alicyclic amines) is 1. The van der Waals surface area contributed by atoms with Crippen LogP contribution in [0.25, 0.3) is 11.5 Å².